The molecule has 0 bridgehead atoms. The first-order chi connectivity index (χ1) is 13.7. The van der Waals surface area contributed by atoms with E-state index in [9.17, 15) is 4.79 Å². The fourth-order valence-electron chi connectivity index (χ4n) is 3.40. The smallest absolute Gasteiger partial charge is 0.293 e. The number of anilines is 1. The molecule has 3 heterocycles. The summed E-state index contributed by atoms with van der Waals surface area (Å²) in [5.41, 5.74) is -0.0584. The predicted octanol–water partition coefficient (Wildman–Crippen LogP) is 2.92. The van der Waals surface area contributed by atoms with E-state index < -0.39 is 0 Å². The highest BCUT2D eigenvalue weighted by molar-refractivity contribution is 5.36. The molecule has 1 N–H and O–H groups in total. The van der Waals surface area contributed by atoms with E-state index in [-0.39, 0.29) is 11.6 Å². The molecule has 4 rings (SSSR count). The Kier molecular flexibility index (Phi) is 5.43. The van der Waals surface area contributed by atoms with Gasteiger partial charge in [-0.1, -0.05) is 18.2 Å². The Balaban J connectivity index is 1.34. The standard InChI is InChI=1S/C21H24N4O3/c1-24-13-11-22-20(21(24)26)25-12-5-6-16(15-25)23-14-18-9-10-19(28-18)27-17-7-3-2-4-8-17/h2-4,7-11,13,16,23H,5-6,12,14-15H2,1H3/t16-/m0/s1. The summed E-state index contributed by atoms with van der Waals surface area (Å²) in [6.45, 7) is 2.21. The van der Waals surface area contributed by atoms with Gasteiger partial charge in [-0.25, -0.2) is 4.98 Å². The zero-order valence-electron chi connectivity index (χ0n) is 15.9. The minimum atomic E-state index is -0.0584. The van der Waals surface area contributed by atoms with Gasteiger partial charge in [0.25, 0.3) is 11.5 Å². The van der Waals surface area contributed by atoms with Crippen LogP contribution in [0.4, 0.5) is 5.82 Å². The molecule has 7 heteroatoms. The number of nitrogens with one attached hydrogen (secondary N) is 1. The number of hydrogen-bond acceptors (Lipinski definition) is 6. The number of benzene rings is 1. The van der Waals surface area contributed by atoms with Gasteiger partial charge in [0.05, 0.1) is 6.54 Å². The molecule has 0 saturated carbocycles. The first-order valence-electron chi connectivity index (χ1n) is 9.50. The van der Waals surface area contributed by atoms with E-state index in [1.165, 1.54) is 0 Å². The quantitative estimate of drug-likeness (QED) is 0.709. The number of hydrogen-bond donors (Lipinski definition) is 1. The molecule has 0 radical (unpaired) electrons. The van der Waals surface area contributed by atoms with E-state index in [1.807, 2.05) is 42.5 Å². The fourth-order valence-corrected chi connectivity index (χ4v) is 3.40. The third kappa shape index (κ3) is 4.26. The second-order valence-corrected chi connectivity index (χ2v) is 6.97. The van der Waals surface area contributed by atoms with Crippen LogP contribution in [0.2, 0.25) is 0 Å². The summed E-state index contributed by atoms with van der Waals surface area (Å²) in [5, 5.41) is 3.52. The van der Waals surface area contributed by atoms with Crippen molar-refractivity contribution in [3.05, 3.63) is 71.0 Å². The number of rotatable bonds is 6. The van der Waals surface area contributed by atoms with Crippen molar-refractivity contribution < 1.29 is 9.15 Å². The molecule has 1 saturated heterocycles. The number of nitrogens with zero attached hydrogens (tertiary/aromatic N) is 3. The molecule has 0 amide bonds. The van der Waals surface area contributed by atoms with Gasteiger partial charge in [-0.15, -0.1) is 0 Å². The maximum Gasteiger partial charge on any atom is 0.293 e. The second-order valence-electron chi connectivity index (χ2n) is 6.97. The van der Waals surface area contributed by atoms with E-state index in [0.29, 0.717) is 18.3 Å². The Labute approximate surface area is 163 Å². The third-order valence-corrected chi connectivity index (χ3v) is 4.88. The molecule has 1 atom stereocenters. The van der Waals surface area contributed by atoms with Crippen LogP contribution in [-0.4, -0.2) is 28.7 Å². The van der Waals surface area contributed by atoms with Crippen molar-refractivity contribution in [2.45, 2.75) is 25.4 Å². The van der Waals surface area contributed by atoms with Crippen LogP contribution >= 0.6 is 0 Å². The topological polar surface area (TPSA) is 72.5 Å². The van der Waals surface area contributed by atoms with E-state index in [4.69, 9.17) is 9.15 Å². The molecule has 1 fully saturated rings. The molecule has 3 aromatic rings. The van der Waals surface area contributed by atoms with Crippen LogP contribution in [0.1, 0.15) is 18.6 Å². The van der Waals surface area contributed by atoms with Gasteiger partial charge in [0.15, 0.2) is 5.82 Å². The summed E-state index contributed by atoms with van der Waals surface area (Å²) >= 11 is 0. The molecular weight excluding hydrogens is 356 g/mol. The SMILES string of the molecule is Cn1ccnc(N2CCC[C@H](NCc3ccc(Oc4ccccc4)o3)C2)c1=O. The fraction of sp³-hybridized carbons (Fsp3) is 0.333. The lowest BCUT2D eigenvalue weighted by Gasteiger charge is -2.33. The van der Waals surface area contributed by atoms with E-state index >= 15 is 0 Å². The number of piperidine rings is 1. The van der Waals surface area contributed by atoms with Gasteiger partial charge in [-0.05, 0) is 31.0 Å². The number of aromatic nitrogens is 2. The largest absolute Gasteiger partial charge is 0.429 e. The van der Waals surface area contributed by atoms with Crippen LogP contribution < -0.4 is 20.5 Å². The zero-order valence-corrected chi connectivity index (χ0v) is 15.9. The van der Waals surface area contributed by atoms with Gasteiger partial charge in [-0.2, -0.15) is 0 Å². The predicted molar refractivity (Wildman–Crippen MR) is 107 cm³/mol. The van der Waals surface area contributed by atoms with Crippen LogP contribution in [0.15, 0.2) is 64.1 Å². The van der Waals surface area contributed by atoms with Crippen molar-refractivity contribution in [1.29, 1.82) is 0 Å². The summed E-state index contributed by atoms with van der Waals surface area (Å²) in [6, 6.07) is 13.6. The van der Waals surface area contributed by atoms with Gasteiger partial charge in [-0.3, -0.25) is 4.79 Å². The summed E-state index contributed by atoms with van der Waals surface area (Å²) < 4.78 is 13.0. The number of para-hydroxylation sites is 1. The Morgan fingerprint density at radius 2 is 2.11 bits per heavy atom. The molecule has 1 aromatic carbocycles. The lowest BCUT2D eigenvalue weighted by Crippen LogP contribution is -2.47. The van der Waals surface area contributed by atoms with Gasteiger partial charge < -0.3 is 23.9 Å². The second kappa shape index (κ2) is 8.31. The Morgan fingerprint density at radius 3 is 2.96 bits per heavy atom. The highest BCUT2D eigenvalue weighted by Crippen LogP contribution is 2.23. The highest BCUT2D eigenvalue weighted by atomic mass is 16.6. The first-order valence-corrected chi connectivity index (χ1v) is 9.50. The molecule has 28 heavy (non-hydrogen) atoms. The number of furan rings is 1. The number of ether oxygens (including phenoxy) is 1. The maximum absolute atomic E-state index is 12.3. The minimum absolute atomic E-state index is 0.0584. The average molecular weight is 380 g/mol. The lowest BCUT2D eigenvalue weighted by molar-refractivity contribution is 0.320. The van der Waals surface area contributed by atoms with E-state index in [0.717, 1.165) is 37.4 Å². The molecule has 2 aromatic heterocycles. The van der Waals surface area contributed by atoms with Gasteiger partial charge in [0.2, 0.25) is 0 Å². The Bertz CT molecular complexity index is 967. The lowest BCUT2D eigenvalue weighted by atomic mass is 10.1. The molecule has 0 unspecified atom stereocenters. The summed E-state index contributed by atoms with van der Waals surface area (Å²) in [6.07, 6.45) is 5.41. The minimum Gasteiger partial charge on any atom is -0.429 e. The molecule has 7 nitrogen and oxygen atoms in total. The number of aryl methyl sites for hydroxylation is 1. The van der Waals surface area contributed by atoms with Crippen LogP contribution in [-0.2, 0) is 13.6 Å². The highest BCUT2D eigenvalue weighted by Gasteiger charge is 2.23. The molecular formula is C21H24N4O3. The molecule has 0 aliphatic carbocycles. The van der Waals surface area contributed by atoms with Crippen molar-refractivity contribution in [3.8, 4) is 11.7 Å². The molecule has 146 valence electrons. The molecule has 0 spiro atoms. The Hall–Kier alpha value is -3.06. The van der Waals surface area contributed by atoms with Crippen molar-refractivity contribution in [1.82, 2.24) is 14.9 Å². The maximum atomic E-state index is 12.3. The summed E-state index contributed by atoms with van der Waals surface area (Å²) in [7, 11) is 1.75. The van der Waals surface area contributed by atoms with Crippen molar-refractivity contribution in [3.63, 3.8) is 0 Å². The van der Waals surface area contributed by atoms with Crippen LogP contribution in [0, 0.1) is 0 Å². The van der Waals surface area contributed by atoms with E-state index in [1.54, 1.807) is 24.0 Å². The summed E-state index contributed by atoms with van der Waals surface area (Å²) in [5.74, 6) is 2.56. The molecule has 1 aliphatic rings. The monoisotopic (exact) mass is 380 g/mol. The van der Waals surface area contributed by atoms with Crippen molar-refractivity contribution in [2.24, 2.45) is 7.05 Å². The van der Waals surface area contributed by atoms with Crippen LogP contribution in [0.5, 0.6) is 11.7 Å². The zero-order chi connectivity index (χ0) is 19.3. The van der Waals surface area contributed by atoms with Gasteiger partial charge in [0.1, 0.15) is 11.5 Å². The Morgan fingerprint density at radius 1 is 1.25 bits per heavy atom. The average Bonchev–Trinajstić information content (AvgIpc) is 3.17. The summed E-state index contributed by atoms with van der Waals surface area (Å²) in [4.78, 5) is 18.7. The van der Waals surface area contributed by atoms with Crippen LogP contribution in [0.25, 0.3) is 0 Å². The first kappa shape index (κ1) is 18.3. The van der Waals surface area contributed by atoms with Crippen molar-refractivity contribution in [2.75, 3.05) is 18.0 Å². The van der Waals surface area contributed by atoms with Gasteiger partial charge >= 0.3 is 0 Å². The molecule has 1 aliphatic heterocycles. The van der Waals surface area contributed by atoms with Crippen LogP contribution in [0.3, 0.4) is 0 Å². The van der Waals surface area contributed by atoms with Gasteiger partial charge in [0, 0.05) is 44.6 Å². The normalized spacial score (nSPS) is 16.9. The third-order valence-electron chi connectivity index (χ3n) is 4.88. The van der Waals surface area contributed by atoms with E-state index in [2.05, 4.69) is 15.2 Å². The van der Waals surface area contributed by atoms with Crippen molar-refractivity contribution >= 4 is 5.82 Å².